The Morgan fingerprint density at radius 2 is 1.94 bits per heavy atom. The standard InChI is InChI=1S/C22H20N8O2/c1-30-19-13(18(29-30)20(23)31)9-8-12-11-25-22(28-17(12)19)27-15-6-3-2-5-14(15)26-21(32)16-7-4-10-24-16/h2-7,10-11,24H,8-9H2,1H3,(H2,23,31)(H,26,32)(H,25,27,28). The van der Waals surface area contributed by atoms with Gasteiger partial charge in [0, 0.05) is 25.0 Å². The number of nitrogens with zero attached hydrogens (tertiary/aromatic N) is 4. The van der Waals surface area contributed by atoms with Crippen LogP contribution in [-0.4, -0.2) is 36.5 Å². The Labute approximate surface area is 182 Å². The van der Waals surface area contributed by atoms with Crippen LogP contribution in [0.5, 0.6) is 0 Å². The minimum atomic E-state index is -0.551. The summed E-state index contributed by atoms with van der Waals surface area (Å²) in [4.78, 5) is 36.3. The Hall–Kier alpha value is -4.47. The SMILES string of the molecule is Cn1nc(C(N)=O)c2c1-c1nc(Nc3ccccc3NC(=O)c3ccc[nH]3)ncc1CC2. The maximum absolute atomic E-state index is 12.5. The molecule has 0 spiro atoms. The van der Waals surface area contributed by atoms with E-state index < -0.39 is 5.91 Å². The van der Waals surface area contributed by atoms with E-state index in [0.29, 0.717) is 41.6 Å². The van der Waals surface area contributed by atoms with Crippen molar-refractivity contribution < 1.29 is 9.59 Å². The van der Waals surface area contributed by atoms with Crippen LogP contribution in [0.4, 0.5) is 17.3 Å². The van der Waals surface area contributed by atoms with Crippen LogP contribution in [0.2, 0.25) is 0 Å². The van der Waals surface area contributed by atoms with E-state index in [1.165, 1.54) is 0 Å². The van der Waals surface area contributed by atoms with Gasteiger partial charge in [-0.05, 0) is 42.7 Å². The van der Waals surface area contributed by atoms with Crippen molar-refractivity contribution in [2.24, 2.45) is 12.8 Å². The number of amides is 2. The topological polar surface area (TPSA) is 144 Å². The third kappa shape index (κ3) is 3.37. The number of nitrogens with two attached hydrogens (primary N) is 1. The molecule has 0 unspecified atom stereocenters. The Balaban J connectivity index is 1.47. The molecule has 0 saturated heterocycles. The van der Waals surface area contributed by atoms with Gasteiger partial charge in [0.05, 0.1) is 22.8 Å². The second-order valence-electron chi connectivity index (χ2n) is 7.44. The first-order valence-corrected chi connectivity index (χ1v) is 10.0. The molecule has 3 aromatic heterocycles. The summed E-state index contributed by atoms with van der Waals surface area (Å²) in [6.45, 7) is 0. The summed E-state index contributed by atoms with van der Waals surface area (Å²) in [6.07, 6.45) is 4.80. The van der Waals surface area contributed by atoms with Crippen LogP contribution in [0.15, 0.2) is 48.8 Å². The van der Waals surface area contributed by atoms with Gasteiger partial charge >= 0.3 is 0 Å². The number of carbonyl (C=O) groups is 2. The number of hydrogen-bond acceptors (Lipinski definition) is 6. The Morgan fingerprint density at radius 3 is 2.69 bits per heavy atom. The molecule has 4 aromatic rings. The number of aromatic nitrogens is 5. The number of carbonyl (C=O) groups excluding carboxylic acids is 2. The molecule has 3 heterocycles. The van der Waals surface area contributed by atoms with Crippen molar-refractivity contribution in [1.29, 1.82) is 0 Å². The summed E-state index contributed by atoms with van der Waals surface area (Å²) in [5, 5.41) is 10.4. The van der Waals surface area contributed by atoms with Crippen molar-refractivity contribution >= 4 is 29.1 Å². The number of aromatic amines is 1. The molecule has 10 heteroatoms. The van der Waals surface area contributed by atoms with Crippen molar-refractivity contribution in [3.05, 3.63) is 71.3 Å². The first-order valence-electron chi connectivity index (χ1n) is 10.0. The zero-order valence-corrected chi connectivity index (χ0v) is 17.2. The van der Waals surface area contributed by atoms with Gasteiger partial charge in [0.15, 0.2) is 5.69 Å². The molecular formula is C22H20N8O2. The fraction of sp³-hybridized carbons (Fsp3) is 0.136. The molecule has 1 aliphatic rings. The molecule has 160 valence electrons. The maximum atomic E-state index is 12.5. The molecule has 0 saturated carbocycles. The number of aryl methyl sites for hydroxylation is 2. The van der Waals surface area contributed by atoms with Crippen LogP contribution in [0.3, 0.4) is 0 Å². The van der Waals surface area contributed by atoms with Crippen LogP contribution in [0, 0.1) is 0 Å². The number of para-hydroxylation sites is 2. The lowest BCUT2D eigenvalue weighted by Gasteiger charge is -2.18. The largest absolute Gasteiger partial charge is 0.364 e. The Bertz CT molecular complexity index is 1340. The fourth-order valence-corrected chi connectivity index (χ4v) is 3.90. The second kappa shape index (κ2) is 7.65. The van der Waals surface area contributed by atoms with Crippen LogP contribution in [0.1, 0.15) is 32.1 Å². The monoisotopic (exact) mass is 428 g/mol. The number of nitrogens with one attached hydrogen (secondary N) is 3. The molecule has 0 fully saturated rings. The molecule has 1 aromatic carbocycles. The Kier molecular flexibility index (Phi) is 4.66. The van der Waals surface area contributed by atoms with Crippen molar-refractivity contribution in [3.63, 3.8) is 0 Å². The lowest BCUT2D eigenvalue weighted by molar-refractivity contribution is 0.0991. The van der Waals surface area contributed by atoms with Gasteiger partial charge < -0.3 is 21.4 Å². The summed E-state index contributed by atoms with van der Waals surface area (Å²) >= 11 is 0. The van der Waals surface area contributed by atoms with Gasteiger partial charge in [0.25, 0.3) is 11.8 Å². The van der Waals surface area contributed by atoms with Crippen LogP contribution in [-0.2, 0) is 19.9 Å². The average Bonchev–Trinajstić information content (AvgIpc) is 3.44. The molecule has 5 rings (SSSR count). The highest BCUT2D eigenvalue weighted by molar-refractivity contribution is 6.04. The predicted octanol–water partition coefficient (Wildman–Crippen LogP) is 2.40. The summed E-state index contributed by atoms with van der Waals surface area (Å²) in [5.74, 6) is -0.446. The lowest BCUT2D eigenvalue weighted by Crippen LogP contribution is -2.16. The zero-order chi connectivity index (χ0) is 22.2. The van der Waals surface area contributed by atoms with Gasteiger partial charge in [-0.2, -0.15) is 5.10 Å². The lowest BCUT2D eigenvalue weighted by atomic mass is 9.93. The molecule has 2 amide bonds. The van der Waals surface area contributed by atoms with E-state index in [0.717, 1.165) is 16.8 Å². The van der Waals surface area contributed by atoms with E-state index in [1.54, 1.807) is 42.3 Å². The molecule has 1 aliphatic carbocycles. The number of H-pyrrole nitrogens is 1. The van der Waals surface area contributed by atoms with E-state index in [-0.39, 0.29) is 11.6 Å². The highest BCUT2D eigenvalue weighted by Crippen LogP contribution is 2.34. The van der Waals surface area contributed by atoms with Gasteiger partial charge in [-0.3, -0.25) is 14.3 Å². The van der Waals surface area contributed by atoms with Crippen molar-refractivity contribution in [2.75, 3.05) is 10.6 Å². The number of primary amides is 1. The molecule has 0 radical (unpaired) electrons. The predicted molar refractivity (Wildman–Crippen MR) is 119 cm³/mol. The molecular weight excluding hydrogens is 408 g/mol. The van der Waals surface area contributed by atoms with E-state index in [2.05, 4.69) is 25.7 Å². The average molecular weight is 428 g/mol. The first kappa shape index (κ1) is 19.5. The van der Waals surface area contributed by atoms with Crippen LogP contribution >= 0.6 is 0 Å². The van der Waals surface area contributed by atoms with Crippen LogP contribution < -0.4 is 16.4 Å². The summed E-state index contributed by atoms with van der Waals surface area (Å²) in [7, 11) is 1.76. The minimum Gasteiger partial charge on any atom is -0.364 e. The van der Waals surface area contributed by atoms with E-state index in [9.17, 15) is 9.59 Å². The van der Waals surface area contributed by atoms with Gasteiger partial charge in [-0.1, -0.05) is 12.1 Å². The van der Waals surface area contributed by atoms with Crippen molar-refractivity contribution in [1.82, 2.24) is 24.7 Å². The van der Waals surface area contributed by atoms with Crippen LogP contribution in [0.25, 0.3) is 11.4 Å². The van der Waals surface area contributed by atoms with Gasteiger partial charge in [-0.25, -0.2) is 9.97 Å². The maximum Gasteiger partial charge on any atom is 0.272 e. The minimum absolute atomic E-state index is 0.255. The Morgan fingerprint density at radius 1 is 1.12 bits per heavy atom. The van der Waals surface area contributed by atoms with Gasteiger partial charge in [-0.15, -0.1) is 0 Å². The third-order valence-electron chi connectivity index (χ3n) is 5.38. The first-order chi connectivity index (χ1) is 15.5. The number of fused-ring (bicyclic) bond motifs is 3. The smallest absolute Gasteiger partial charge is 0.272 e. The van der Waals surface area contributed by atoms with Gasteiger partial charge in [0.1, 0.15) is 5.69 Å². The van der Waals surface area contributed by atoms with E-state index in [4.69, 9.17) is 10.7 Å². The second-order valence-corrected chi connectivity index (χ2v) is 7.44. The number of hydrogen-bond donors (Lipinski definition) is 4. The quantitative estimate of drug-likeness (QED) is 0.384. The summed E-state index contributed by atoms with van der Waals surface area (Å²) in [6, 6.07) is 10.8. The molecule has 0 bridgehead atoms. The molecule has 32 heavy (non-hydrogen) atoms. The van der Waals surface area contributed by atoms with Crippen molar-refractivity contribution in [3.8, 4) is 11.4 Å². The molecule has 10 nitrogen and oxygen atoms in total. The zero-order valence-electron chi connectivity index (χ0n) is 17.2. The molecule has 5 N–H and O–H groups in total. The number of anilines is 3. The van der Waals surface area contributed by atoms with E-state index in [1.807, 2.05) is 18.2 Å². The summed E-state index contributed by atoms with van der Waals surface area (Å²) in [5.41, 5.74) is 10.7. The normalized spacial score (nSPS) is 12.0. The third-order valence-corrected chi connectivity index (χ3v) is 5.38. The number of benzene rings is 1. The summed E-state index contributed by atoms with van der Waals surface area (Å²) < 4.78 is 1.63. The van der Waals surface area contributed by atoms with Gasteiger partial charge in [0.2, 0.25) is 5.95 Å². The number of rotatable bonds is 5. The highest BCUT2D eigenvalue weighted by atomic mass is 16.2. The highest BCUT2D eigenvalue weighted by Gasteiger charge is 2.28. The van der Waals surface area contributed by atoms with Crippen molar-refractivity contribution in [2.45, 2.75) is 12.8 Å². The fourth-order valence-electron chi connectivity index (χ4n) is 3.90. The molecule has 0 aliphatic heterocycles. The molecule has 0 atom stereocenters. The van der Waals surface area contributed by atoms with E-state index >= 15 is 0 Å².